The van der Waals surface area contributed by atoms with Crippen molar-refractivity contribution in [1.29, 1.82) is 0 Å². The molecule has 0 bridgehead atoms. The average molecular weight is 463 g/mol. The second-order valence-electron chi connectivity index (χ2n) is 6.68. The Labute approximate surface area is 164 Å². The molecule has 1 N–H and O–H groups in total. The standard InChI is InChI=1S/C16H19BrN2O5S2/c1-16(2,3)24-12(20)8-18-14(21)13(26(4,22)23)15-19-10-6-5-9(17)7-11(10)25-15/h5-7,13H,8H2,1-4H3,(H,18,21). The lowest BCUT2D eigenvalue weighted by molar-refractivity contribution is -0.154. The molecule has 10 heteroatoms. The van der Waals surface area contributed by atoms with Crippen molar-refractivity contribution in [2.75, 3.05) is 12.8 Å². The number of ether oxygens (including phenoxy) is 1. The molecule has 1 amide bonds. The predicted octanol–water partition coefficient (Wildman–Crippen LogP) is 2.60. The molecule has 1 aromatic carbocycles. The van der Waals surface area contributed by atoms with Gasteiger partial charge in [0.15, 0.2) is 15.1 Å². The van der Waals surface area contributed by atoms with Crippen molar-refractivity contribution in [3.8, 4) is 0 Å². The Balaban J connectivity index is 2.24. The lowest BCUT2D eigenvalue weighted by Crippen LogP contribution is -2.38. The van der Waals surface area contributed by atoms with Crippen LogP contribution in [0.5, 0.6) is 0 Å². The van der Waals surface area contributed by atoms with Gasteiger partial charge in [-0.2, -0.15) is 0 Å². The summed E-state index contributed by atoms with van der Waals surface area (Å²) in [7, 11) is -3.79. The Bertz CT molecular complexity index is 947. The van der Waals surface area contributed by atoms with Crippen LogP contribution in [0.4, 0.5) is 0 Å². The molecule has 0 saturated carbocycles. The van der Waals surface area contributed by atoms with Gasteiger partial charge in [-0.05, 0) is 39.0 Å². The molecule has 26 heavy (non-hydrogen) atoms. The van der Waals surface area contributed by atoms with E-state index in [4.69, 9.17) is 4.74 Å². The zero-order chi connectivity index (χ0) is 19.7. The number of hydrogen-bond donors (Lipinski definition) is 1. The molecule has 1 aromatic heterocycles. The van der Waals surface area contributed by atoms with E-state index < -0.39 is 39.1 Å². The van der Waals surface area contributed by atoms with Gasteiger partial charge < -0.3 is 10.1 Å². The number of rotatable bonds is 5. The Morgan fingerprint density at radius 2 is 2.00 bits per heavy atom. The third-order valence-corrected chi connectivity index (χ3v) is 6.10. The largest absolute Gasteiger partial charge is 0.459 e. The summed E-state index contributed by atoms with van der Waals surface area (Å²) in [4.78, 5) is 28.5. The number of thiazole rings is 1. The first-order chi connectivity index (χ1) is 11.9. The second-order valence-corrected chi connectivity index (χ2v) is 10.8. The van der Waals surface area contributed by atoms with Gasteiger partial charge in [0.1, 0.15) is 17.2 Å². The first-order valence-electron chi connectivity index (χ1n) is 7.61. The molecule has 0 aliphatic rings. The summed E-state index contributed by atoms with van der Waals surface area (Å²) in [5.41, 5.74) is -0.0971. The second kappa shape index (κ2) is 7.61. The van der Waals surface area contributed by atoms with Crippen molar-refractivity contribution < 1.29 is 22.7 Å². The normalized spacial score (nSPS) is 13.4. The van der Waals surface area contributed by atoms with Crippen LogP contribution < -0.4 is 5.32 Å². The van der Waals surface area contributed by atoms with Gasteiger partial charge in [-0.1, -0.05) is 15.9 Å². The maximum absolute atomic E-state index is 12.5. The maximum Gasteiger partial charge on any atom is 0.325 e. The van der Waals surface area contributed by atoms with E-state index in [0.717, 1.165) is 26.8 Å². The predicted molar refractivity (Wildman–Crippen MR) is 104 cm³/mol. The summed E-state index contributed by atoms with van der Waals surface area (Å²) in [6, 6.07) is 5.32. The molecule has 1 heterocycles. The van der Waals surface area contributed by atoms with E-state index in [0.29, 0.717) is 5.52 Å². The van der Waals surface area contributed by atoms with E-state index in [2.05, 4.69) is 26.2 Å². The zero-order valence-corrected chi connectivity index (χ0v) is 17.9. The van der Waals surface area contributed by atoms with Crippen LogP contribution in [-0.4, -0.2) is 43.7 Å². The van der Waals surface area contributed by atoms with Crippen molar-refractivity contribution in [2.45, 2.75) is 31.6 Å². The Morgan fingerprint density at radius 3 is 2.58 bits per heavy atom. The van der Waals surface area contributed by atoms with Crippen LogP contribution in [0, 0.1) is 0 Å². The molecular formula is C16H19BrN2O5S2. The summed E-state index contributed by atoms with van der Waals surface area (Å²) in [5.74, 6) is -1.46. The minimum absolute atomic E-state index is 0.155. The summed E-state index contributed by atoms with van der Waals surface area (Å²) in [6.07, 6.45) is 0.965. The van der Waals surface area contributed by atoms with Crippen LogP contribution in [-0.2, 0) is 24.2 Å². The molecule has 1 atom stereocenters. The fourth-order valence-electron chi connectivity index (χ4n) is 2.15. The number of sulfone groups is 1. The highest BCUT2D eigenvalue weighted by Crippen LogP contribution is 2.32. The average Bonchev–Trinajstić information content (AvgIpc) is 2.84. The van der Waals surface area contributed by atoms with Crippen molar-refractivity contribution in [2.24, 2.45) is 0 Å². The molecule has 0 radical (unpaired) electrons. The molecular weight excluding hydrogens is 444 g/mol. The van der Waals surface area contributed by atoms with Gasteiger partial charge >= 0.3 is 5.97 Å². The number of hydrogen-bond acceptors (Lipinski definition) is 7. The van der Waals surface area contributed by atoms with Gasteiger partial charge in [0.25, 0.3) is 0 Å². The molecule has 2 aromatic rings. The molecule has 0 fully saturated rings. The van der Waals surface area contributed by atoms with Gasteiger partial charge in [-0.25, -0.2) is 13.4 Å². The van der Waals surface area contributed by atoms with Crippen molar-refractivity contribution in [3.63, 3.8) is 0 Å². The van der Waals surface area contributed by atoms with Crippen LogP contribution in [0.25, 0.3) is 10.2 Å². The van der Waals surface area contributed by atoms with Crippen LogP contribution >= 0.6 is 27.3 Å². The van der Waals surface area contributed by atoms with Gasteiger partial charge in [0, 0.05) is 10.7 Å². The number of carbonyl (C=O) groups is 2. The van der Waals surface area contributed by atoms with E-state index >= 15 is 0 Å². The van der Waals surface area contributed by atoms with Crippen molar-refractivity contribution >= 4 is 59.2 Å². The molecule has 0 saturated heterocycles. The quantitative estimate of drug-likeness (QED) is 0.684. The first-order valence-corrected chi connectivity index (χ1v) is 11.2. The molecule has 0 aliphatic carbocycles. The number of aromatic nitrogens is 1. The first kappa shape index (κ1) is 20.8. The van der Waals surface area contributed by atoms with Crippen molar-refractivity contribution in [1.82, 2.24) is 10.3 Å². The minimum atomic E-state index is -3.79. The highest BCUT2D eigenvalue weighted by Gasteiger charge is 2.34. The Hall–Kier alpha value is -1.52. The summed E-state index contributed by atoms with van der Waals surface area (Å²) >= 11 is 4.46. The highest BCUT2D eigenvalue weighted by molar-refractivity contribution is 9.10. The number of esters is 1. The summed E-state index contributed by atoms with van der Waals surface area (Å²) < 4.78 is 31.0. The van der Waals surface area contributed by atoms with Crippen LogP contribution in [0.3, 0.4) is 0 Å². The molecule has 142 valence electrons. The monoisotopic (exact) mass is 462 g/mol. The molecule has 0 spiro atoms. The topological polar surface area (TPSA) is 102 Å². The number of amides is 1. The Kier molecular flexibility index (Phi) is 6.09. The van der Waals surface area contributed by atoms with E-state index in [1.807, 2.05) is 0 Å². The zero-order valence-electron chi connectivity index (χ0n) is 14.7. The number of nitrogens with zero attached hydrogens (tertiary/aromatic N) is 1. The maximum atomic E-state index is 12.5. The number of halogens is 1. The Morgan fingerprint density at radius 1 is 1.35 bits per heavy atom. The van der Waals surface area contributed by atoms with Gasteiger partial charge in [0.2, 0.25) is 5.91 Å². The van der Waals surface area contributed by atoms with E-state index in [1.54, 1.807) is 39.0 Å². The van der Waals surface area contributed by atoms with E-state index in [9.17, 15) is 18.0 Å². The molecule has 7 nitrogen and oxygen atoms in total. The molecule has 0 aliphatic heterocycles. The fourth-order valence-corrected chi connectivity index (χ4v) is 5.21. The summed E-state index contributed by atoms with van der Waals surface area (Å²) in [6.45, 7) is 4.68. The van der Waals surface area contributed by atoms with Gasteiger partial charge in [0.05, 0.1) is 10.2 Å². The fraction of sp³-hybridized carbons (Fsp3) is 0.438. The SMILES string of the molecule is CC(C)(C)OC(=O)CNC(=O)C(c1nc2ccc(Br)cc2s1)S(C)(=O)=O. The smallest absolute Gasteiger partial charge is 0.325 e. The lowest BCUT2D eigenvalue weighted by atomic mass is 10.2. The molecule has 2 rings (SSSR count). The third kappa shape index (κ3) is 5.49. The van der Waals surface area contributed by atoms with E-state index in [1.165, 1.54) is 0 Å². The number of fused-ring (bicyclic) bond motifs is 1. The minimum Gasteiger partial charge on any atom is -0.459 e. The van der Waals surface area contributed by atoms with E-state index in [-0.39, 0.29) is 5.01 Å². The van der Waals surface area contributed by atoms with Gasteiger partial charge in [-0.15, -0.1) is 11.3 Å². The van der Waals surface area contributed by atoms with Crippen molar-refractivity contribution in [3.05, 3.63) is 27.7 Å². The number of benzene rings is 1. The number of carbonyl (C=O) groups excluding carboxylic acids is 2. The van der Waals surface area contributed by atoms with Crippen LogP contribution in [0.2, 0.25) is 0 Å². The molecule has 1 unspecified atom stereocenters. The van der Waals surface area contributed by atoms with Gasteiger partial charge in [-0.3, -0.25) is 9.59 Å². The number of nitrogens with one attached hydrogen (secondary N) is 1. The highest BCUT2D eigenvalue weighted by atomic mass is 79.9. The third-order valence-electron chi connectivity index (χ3n) is 3.08. The summed E-state index contributed by atoms with van der Waals surface area (Å²) in [5, 5.41) is 1.00. The lowest BCUT2D eigenvalue weighted by Gasteiger charge is -2.20. The van der Waals surface area contributed by atoms with Crippen LogP contribution in [0.15, 0.2) is 22.7 Å². The van der Waals surface area contributed by atoms with Crippen LogP contribution in [0.1, 0.15) is 31.0 Å².